The van der Waals surface area contributed by atoms with Crippen molar-refractivity contribution in [3.63, 3.8) is 0 Å². The Labute approximate surface area is 195 Å². The number of likely N-dealkylation sites (tertiary alicyclic amines) is 1. The van der Waals surface area contributed by atoms with Gasteiger partial charge in [0.25, 0.3) is 0 Å². The highest BCUT2D eigenvalue weighted by atomic mass is 16.5. The Bertz CT molecular complexity index is 954. The van der Waals surface area contributed by atoms with E-state index in [-0.39, 0.29) is 29.7 Å². The molecule has 2 aliphatic heterocycles. The Hall–Kier alpha value is -2.90. The van der Waals surface area contributed by atoms with Crippen molar-refractivity contribution in [3.05, 3.63) is 59.7 Å². The molecule has 4 rings (SSSR count). The number of ketones is 1. The second-order valence-electron chi connectivity index (χ2n) is 8.66. The van der Waals surface area contributed by atoms with Gasteiger partial charge < -0.3 is 19.1 Å². The molecule has 2 saturated heterocycles. The summed E-state index contributed by atoms with van der Waals surface area (Å²) in [5.74, 6) is 1.37. The van der Waals surface area contributed by atoms with Crippen LogP contribution in [0.25, 0.3) is 0 Å². The van der Waals surface area contributed by atoms with E-state index in [1.54, 1.807) is 14.2 Å². The molecule has 2 heterocycles. The van der Waals surface area contributed by atoms with Crippen LogP contribution in [0.15, 0.2) is 48.5 Å². The molecule has 0 aromatic heterocycles. The van der Waals surface area contributed by atoms with Crippen molar-refractivity contribution in [2.75, 3.05) is 47.1 Å². The molecule has 0 aliphatic carbocycles. The van der Waals surface area contributed by atoms with Crippen LogP contribution in [0.4, 0.5) is 0 Å². The Morgan fingerprint density at radius 3 is 2.03 bits per heavy atom. The highest BCUT2D eigenvalue weighted by Gasteiger charge is 2.44. The van der Waals surface area contributed by atoms with Gasteiger partial charge >= 0.3 is 0 Å². The molecular formula is C26H32N2O5. The summed E-state index contributed by atoms with van der Waals surface area (Å²) in [5, 5.41) is 0. The zero-order chi connectivity index (χ0) is 23.4. The lowest BCUT2D eigenvalue weighted by Crippen LogP contribution is -2.51. The number of hydrogen-bond donors (Lipinski definition) is 0. The van der Waals surface area contributed by atoms with Crippen LogP contribution in [-0.4, -0.2) is 68.6 Å². The van der Waals surface area contributed by atoms with E-state index in [1.807, 2.05) is 60.4 Å². The molecule has 1 amide bonds. The Kier molecular flexibility index (Phi) is 7.30. The molecule has 3 atom stereocenters. The maximum atomic E-state index is 13.8. The van der Waals surface area contributed by atoms with Crippen LogP contribution in [0.1, 0.15) is 36.6 Å². The van der Waals surface area contributed by atoms with E-state index in [2.05, 4.69) is 4.90 Å². The van der Waals surface area contributed by atoms with Crippen LogP contribution in [0.3, 0.4) is 0 Å². The zero-order valence-electron chi connectivity index (χ0n) is 19.5. The van der Waals surface area contributed by atoms with Crippen LogP contribution < -0.4 is 9.47 Å². The summed E-state index contributed by atoms with van der Waals surface area (Å²) in [4.78, 5) is 31.0. The smallest absolute Gasteiger partial charge is 0.237 e. The standard InChI is InChI=1S/C26H32N2O5/c1-18-24(29)16-23(19-4-8-21(31-2)9-5-19)28(25(30)17-27-12-14-33-15-13-27)26(18)20-6-10-22(32-3)11-7-20/h4-11,18,23,26H,12-17H2,1-3H3. The quantitative estimate of drug-likeness (QED) is 0.670. The van der Waals surface area contributed by atoms with E-state index >= 15 is 0 Å². The molecular weight excluding hydrogens is 420 g/mol. The first-order valence-corrected chi connectivity index (χ1v) is 11.4. The van der Waals surface area contributed by atoms with Crippen LogP contribution in [0.2, 0.25) is 0 Å². The van der Waals surface area contributed by atoms with Crippen LogP contribution >= 0.6 is 0 Å². The molecule has 2 aliphatic rings. The number of benzene rings is 2. The summed E-state index contributed by atoms with van der Waals surface area (Å²) >= 11 is 0. The number of carbonyl (C=O) groups excluding carboxylic acids is 2. The first-order valence-electron chi connectivity index (χ1n) is 11.4. The number of morpholine rings is 1. The number of amides is 1. The first kappa shape index (κ1) is 23.3. The minimum atomic E-state index is -0.349. The maximum Gasteiger partial charge on any atom is 0.237 e. The lowest BCUT2D eigenvalue weighted by Gasteiger charge is -2.46. The van der Waals surface area contributed by atoms with Crippen molar-refractivity contribution in [1.29, 1.82) is 0 Å². The number of nitrogens with zero attached hydrogens (tertiary/aromatic N) is 2. The normalized spacial score (nSPS) is 23.9. The van der Waals surface area contributed by atoms with Gasteiger partial charge in [0.1, 0.15) is 17.3 Å². The van der Waals surface area contributed by atoms with Gasteiger partial charge in [0.05, 0.1) is 46.1 Å². The third kappa shape index (κ3) is 5.04. The average Bonchev–Trinajstić information content (AvgIpc) is 2.86. The van der Waals surface area contributed by atoms with Gasteiger partial charge in [-0.25, -0.2) is 0 Å². The molecule has 0 N–H and O–H groups in total. The number of ether oxygens (including phenoxy) is 3. The minimum absolute atomic E-state index is 0.0258. The van der Waals surface area contributed by atoms with Gasteiger partial charge in [0.2, 0.25) is 5.91 Å². The van der Waals surface area contributed by atoms with Crippen LogP contribution in [0.5, 0.6) is 11.5 Å². The summed E-state index contributed by atoms with van der Waals surface area (Å²) in [7, 11) is 3.25. The molecule has 176 valence electrons. The van der Waals surface area contributed by atoms with Gasteiger partial charge in [-0.05, 0) is 35.4 Å². The van der Waals surface area contributed by atoms with Crippen molar-refractivity contribution in [2.45, 2.75) is 25.4 Å². The van der Waals surface area contributed by atoms with Gasteiger partial charge in [-0.1, -0.05) is 31.2 Å². The van der Waals surface area contributed by atoms with Gasteiger partial charge in [-0.2, -0.15) is 0 Å². The fourth-order valence-corrected chi connectivity index (χ4v) is 4.80. The highest BCUT2D eigenvalue weighted by Crippen LogP contribution is 2.44. The molecule has 0 spiro atoms. The van der Waals surface area contributed by atoms with Crippen molar-refractivity contribution in [2.24, 2.45) is 5.92 Å². The molecule has 7 heteroatoms. The summed E-state index contributed by atoms with van der Waals surface area (Å²) in [6.45, 7) is 4.96. The second-order valence-corrected chi connectivity index (χ2v) is 8.66. The van der Waals surface area contributed by atoms with Crippen LogP contribution in [-0.2, 0) is 14.3 Å². The summed E-state index contributed by atoms with van der Waals surface area (Å²) < 4.78 is 16.1. The van der Waals surface area contributed by atoms with Crippen molar-refractivity contribution in [1.82, 2.24) is 9.80 Å². The van der Waals surface area contributed by atoms with Gasteiger partial charge in [-0.15, -0.1) is 0 Å². The van der Waals surface area contributed by atoms with Gasteiger partial charge in [-0.3, -0.25) is 14.5 Å². The van der Waals surface area contributed by atoms with Crippen molar-refractivity contribution < 1.29 is 23.8 Å². The average molecular weight is 453 g/mol. The predicted molar refractivity (Wildman–Crippen MR) is 124 cm³/mol. The molecule has 2 fully saturated rings. The molecule has 2 aromatic carbocycles. The van der Waals surface area contributed by atoms with Gasteiger partial charge in [0, 0.05) is 25.4 Å². The minimum Gasteiger partial charge on any atom is -0.497 e. The number of hydrogen-bond acceptors (Lipinski definition) is 6. The molecule has 7 nitrogen and oxygen atoms in total. The topological polar surface area (TPSA) is 68.3 Å². The summed E-state index contributed by atoms with van der Waals surface area (Å²) in [6, 6.07) is 14.7. The summed E-state index contributed by atoms with van der Waals surface area (Å²) in [5.41, 5.74) is 1.87. The van der Waals surface area contributed by atoms with E-state index in [4.69, 9.17) is 14.2 Å². The Balaban J connectivity index is 1.72. The lowest BCUT2D eigenvalue weighted by molar-refractivity contribution is -0.148. The van der Waals surface area contributed by atoms with Gasteiger partial charge in [0.15, 0.2) is 0 Å². The monoisotopic (exact) mass is 452 g/mol. The van der Waals surface area contributed by atoms with Crippen LogP contribution in [0, 0.1) is 5.92 Å². The molecule has 0 bridgehead atoms. The van der Waals surface area contributed by atoms with E-state index < -0.39 is 0 Å². The molecule has 33 heavy (non-hydrogen) atoms. The summed E-state index contributed by atoms with van der Waals surface area (Å²) in [6.07, 6.45) is 0.301. The second kappa shape index (κ2) is 10.4. The fourth-order valence-electron chi connectivity index (χ4n) is 4.80. The molecule has 2 aromatic rings. The maximum absolute atomic E-state index is 13.8. The van der Waals surface area contributed by atoms with E-state index in [1.165, 1.54) is 0 Å². The number of methoxy groups -OCH3 is 2. The molecule has 0 radical (unpaired) electrons. The Morgan fingerprint density at radius 2 is 1.48 bits per heavy atom. The first-order chi connectivity index (χ1) is 16.0. The predicted octanol–water partition coefficient (Wildman–Crippen LogP) is 3.26. The Morgan fingerprint density at radius 1 is 0.939 bits per heavy atom. The number of Topliss-reactive ketones (excluding diaryl/α,β-unsaturated/α-hetero) is 1. The number of piperidine rings is 1. The lowest BCUT2D eigenvalue weighted by atomic mass is 9.79. The van der Waals surface area contributed by atoms with E-state index in [0.29, 0.717) is 26.2 Å². The van der Waals surface area contributed by atoms with Crippen molar-refractivity contribution in [3.8, 4) is 11.5 Å². The number of rotatable bonds is 6. The number of carbonyl (C=O) groups is 2. The molecule has 3 unspecified atom stereocenters. The largest absolute Gasteiger partial charge is 0.497 e. The van der Waals surface area contributed by atoms with E-state index in [0.717, 1.165) is 35.7 Å². The SMILES string of the molecule is COc1ccc(C2CC(=O)C(C)C(c3ccc(OC)cc3)N2C(=O)CN2CCOCC2)cc1. The fraction of sp³-hybridized carbons (Fsp3) is 0.462. The van der Waals surface area contributed by atoms with Crippen molar-refractivity contribution >= 4 is 11.7 Å². The zero-order valence-corrected chi connectivity index (χ0v) is 19.5. The molecule has 0 saturated carbocycles. The third-order valence-corrected chi connectivity index (χ3v) is 6.72. The highest BCUT2D eigenvalue weighted by molar-refractivity contribution is 5.88. The van der Waals surface area contributed by atoms with E-state index in [9.17, 15) is 9.59 Å². The third-order valence-electron chi connectivity index (χ3n) is 6.72.